The summed E-state index contributed by atoms with van der Waals surface area (Å²) in [5, 5.41) is 9.05. The fourth-order valence-electron chi connectivity index (χ4n) is 2.06. The second-order valence-corrected chi connectivity index (χ2v) is 4.13. The SMILES string of the molecule is NC(=O)C1CCCN1Cc1cc(=O)c(O)co1. The van der Waals surface area contributed by atoms with Gasteiger partial charge in [-0.15, -0.1) is 0 Å². The third kappa shape index (κ3) is 2.47. The van der Waals surface area contributed by atoms with Gasteiger partial charge in [0.05, 0.1) is 12.6 Å². The number of carbonyl (C=O) groups is 1. The topological polar surface area (TPSA) is 96.8 Å². The molecule has 1 atom stereocenters. The van der Waals surface area contributed by atoms with E-state index in [0.29, 0.717) is 12.3 Å². The molecule has 6 nitrogen and oxygen atoms in total. The van der Waals surface area contributed by atoms with E-state index in [1.807, 2.05) is 4.90 Å². The molecule has 2 rings (SSSR count). The van der Waals surface area contributed by atoms with E-state index in [1.54, 1.807) is 0 Å². The number of likely N-dealkylation sites (tertiary alicyclic amines) is 1. The number of carbonyl (C=O) groups excluding carboxylic acids is 1. The van der Waals surface area contributed by atoms with Gasteiger partial charge in [-0.1, -0.05) is 0 Å². The van der Waals surface area contributed by atoms with Gasteiger partial charge in [-0.3, -0.25) is 14.5 Å². The minimum absolute atomic E-state index is 0.297. The van der Waals surface area contributed by atoms with Crippen LogP contribution in [-0.4, -0.2) is 28.5 Å². The molecule has 1 unspecified atom stereocenters. The summed E-state index contributed by atoms with van der Waals surface area (Å²) in [7, 11) is 0. The molecule has 1 fully saturated rings. The number of nitrogens with two attached hydrogens (primary N) is 1. The van der Waals surface area contributed by atoms with E-state index < -0.39 is 11.2 Å². The molecule has 3 N–H and O–H groups in total. The average Bonchev–Trinajstić information content (AvgIpc) is 2.72. The second-order valence-electron chi connectivity index (χ2n) is 4.13. The van der Waals surface area contributed by atoms with Gasteiger partial charge in [0.2, 0.25) is 11.3 Å². The van der Waals surface area contributed by atoms with Crippen LogP contribution in [0.1, 0.15) is 18.6 Å². The fourth-order valence-corrected chi connectivity index (χ4v) is 2.06. The molecule has 1 saturated heterocycles. The number of hydrogen-bond donors (Lipinski definition) is 2. The molecule has 0 saturated carbocycles. The Labute approximate surface area is 97.6 Å². The summed E-state index contributed by atoms with van der Waals surface area (Å²) >= 11 is 0. The molecule has 17 heavy (non-hydrogen) atoms. The summed E-state index contributed by atoms with van der Waals surface area (Å²) in [4.78, 5) is 24.3. The smallest absolute Gasteiger partial charge is 0.234 e. The molecule has 1 amide bonds. The Bertz CT molecular complexity index is 483. The summed E-state index contributed by atoms with van der Waals surface area (Å²) in [5.41, 5.74) is 4.80. The van der Waals surface area contributed by atoms with E-state index in [9.17, 15) is 9.59 Å². The van der Waals surface area contributed by atoms with E-state index in [-0.39, 0.29) is 11.9 Å². The van der Waals surface area contributed by atoms with Gasteiger partial charge in [0, 0.05) is 6.07 Å². The highest BCUT2D eigenvalue weighted by Gasteiger charge is 2.29. The Morgan fingerprint density at radius 1 is 1.65 bits per heavy atom. The molecule has 1 aliphatic heterocycles. The van der Waals surface area contributed by atoms with E-state index >= 15 is 0 Å². The lowest BCUT2D eigenvalue weighted by molar-refractivity contribution is -0.122. The number of amides is 1. The zero-order valence-corrected chi connectivity index (χ0v) is 9.26. The van der Waals surface area contributed by atoms with Crippen molar-refractivity contribution in [3.05, 3.63) is 28.3 Å². The maximum atomic E-state index is 11.2. The Morgan fingerprint density at radius 2 is 2.41 bits per heavy atom. The summed E-state index contributed by atoms with van der Waals surface area (Å²) in [5.74, 6) is -0.355. The highest BCUT2D eigenvalue weighted by molar-refractivity contribution is 5.80. The van der Waals surface area contributed by atoms with Crippen LogP contribution in [0.15, 0.2) is 21.5 Å². The highest BCUT2D eigenvalue weighted by Crippen LogP contribution is 2.19. The number of aromatic hydroxyl groups is 1. The van der Waals surface area contributed by atoms with Crippen LogP contribution in [0.4, 0.5) is 0 Å². The molecule has 6 heteroatoms. The predicted molar refractivity (Wildman–Crippen MR) is 59.3 cm³/mol. The molecule has 1 aromatic rings. The van der Waals surface area contributed by atoms with E-state index in [0.717, 1.165) is 25.6 Å². The molecule has 1 aliphatic rings. The molecule has 0 aliphatic carbocycles. The minimum atomic E-state index is -0.485. The standard InChI is InChI=1S/C11H14N2O4/c12-11(16)8-2-1-3-13(8)5-7-4-9(14)10(15)6-17-7/h4,6,8,15H,1-3,5H2,(H2,12,16). The van der Waals surface area contributed by atoms with Crippen LogP contribution in [0.2, 0.25) is 0 Å². The number of rotatable bonds is 3. The summed E-state index contributed by atoms with van der Waals surface area (Å²) in [6.07, 6.45) is 2.64. The first-order valence-electron chi connectivity index (χ1n) is 5.42. The molecule has 92 valence electrons. The van der Waals surface area contributed by atoms with Crippen molar-refractivity contribution in [2.24, 2.45) is 5.73 Å². The highest BCUT2D eigenvalue weighted by atomic mass is 16.4. The van der Waals surface area contributed by atoms with Crippen molar-refractivity contribution in [2.45, 2.75) is 25.4 Å². The van der Waals surface area contributed by atoms with Crippen molar-refractivity contribution in [1.82, 2.24) is 4.90 Å². The first-order chi connectivity index (χ1) is 8.08. The molecule has 0 spiro atoms. The van der Waals surface area contributed by atoms with Gasteiger partial charge >= 0.3 is 0 Å². The van der Waals surface area contributed by atoms with Crippen LogP contribution in [-0.2, 0) is 11.3 Å². The maximum Gasteiger partial charge on any atom is 0.234 e. The number of hydrogen-bond acceptors (Lipinski definition) is 5. The van der Waals surface area contributed by atoms with Crippen LogP contribution >= 0.6 is 0 Å². The molecule has 0 aromatic carbocycles. The van der Waals surface area contributed by atoms with Crippen LogP contribution in [0.25, 0.3) is 0 Å². The quantitative estimate of drug-likeness (QED) is 0.759. The first kappa shape index (κ1) is 11.7. The Kier molecular flexibility index (Phi) is 3.14. The maximum absolute atomic E-state index is 11.2. The van der Waals surface area contributed by atoms with Gasteiger partial charge in [0.25, 0.3) is 0 Å². The van der Waals surface area contributed by atoms with Crippen LogP contribution in [0, 0.1) is 0 Å². The van der Waals surface area contributed by atoms with Crippen molar-refractivity contribution in [2.75, 3.05) is 6.54 Å². The summed E-state index contributed by atoms with van der Waals surface area (Å²) in [6, 6.07) is 0.931. The van der Waals surface area contributed by atoms with Crippen molar-refractivity contribution < 1.29 is 14.3 Å². The monoisotopic (exact) mass is 238 g/mol. The van der Waals surface area contributed by atoms with Gasteiger partial charge in [0.15, 0.2) is 5.75 Å². The van der Waals surface area contributed by atoms with E-state index in [4.69, 9.17) is 15.3 Å². The largest absolute Gasteiger partial charge is 0.502 e. The van der Waals surface area contributed by atoms with Crippen LogP contribution in [0.3, 0.4) is 0 Å². The Hall–Kier alpha value is -1.82. The first-order valence-corrected chi connectivity index (χ1v) is 5.42. The Balaban J connectivity index is 2.12. The van der Waals surface area contributed by atoms with Gasteiger partial charge < -0.3 is 15.3 Å². The average molecular weight is 238 g/mol. The Morgan fingerprint density at radius 3 is 3.06 bits per heavy atom. The van der Waals surface area contributed by atoms with Gasteiger partial charge in [0.1, 0.15) is 12.0 Å². The van der Waals surface area contributed by atoms with Gasteiger partial charge in [-0.25, -0.2) is 0 Å². The zero-order chi connectivity index (χ0) is 12.4. The number of nitrogens with zero attached hydrogens (tertiary/aromatic N) is 1. The zero-order valence-electron chi connectivity index (χ0n) is 9.26. The van der Waals surface area contributed by atoms with Crippen molar-refractivity contribution in [3.8, 4) is 5.75 Å². The summed E-state index contributed by atoms with van der Waals surface area (Å²) < 4.78 is 5.09. The third-order valence-corrected chi connectivity index (χ3v) is 2.92. The number of primary amides is 1. The molecular formula is C11H14N2O4. The molecule has 1 aromatic heterocycles. The van der Waals surface area contributed by atoms with Gasteiger partial charge in [-0.2, -0.15) is 0 Å². The minimum Gasteiger partial charge on any atom is -0.502 e. The summed E-state index contributed by atoms with van der Waals surface area (Å²) in [6.45, 7) is 1.10. The third-order valence-electron chi connectivity index (χ3n) is 2.92. The lowest BCUT2D eigenvalue weighted by atomic mass is 10.2. The van der Waals surface area contributed by atoms with Crippen LogP contribution < -0.4 is 11.2 Å². The predicted octanol–water partition coefficient (Wildman–Crippen LogP) is -0.205. The van der Waals surface area contributed by atoms with Gasteiger partial charge in [-0.05, 0) is 19.4 Å². The molecule has 2 heterocycles. The molecule has 0 bridgehead atoms. The normalized spacial score (nSPS) is 20.6. The van der Waals surface area contributed by atoms with Crippen molar-refractivity contribution in [3.63, 3.8) is 0 Å². The molecular weight excluding hydrogens is 224 g/mol. The van der Waals surface area contributed by atoms with Crippen molar-refractivity contribution >= 4 is 5.91 Å². The van der Waals surface area contributed by atoms with E-state index in [2.05, 4.69) is 0 Å². The lowest BCUT2D eigenvalue weighted by Crippen LogP contribution is -2.39. The lowest BCUT2D eigenvalue weighted by Gasteiger charge is -2.20. The van der Waals surface area contributed by atoms with Crippen LogP contribution in [0.5, 0.6) is 5.75 Å². The fraction of sp³-hybridized carbons (Fsp3) is 0.455. The second kappa shape index (κ2) is 4.58. The van der Waals surface area contributed by atoms with E-state index in [1.165, 1.54) is 6.07 Å². The molecule has 0 radical (unpaired) electrons. The van der Waals surface area contributed by atoms with Crippen molar-refractivity contribution in [1.29, 1.82) is 0 Å².